The van der Waals surface area contributed by atoms with E-state index in [0.717, 1.165) is 69.5 Å². The highest BCUT2D eigenvalue weighted by atomic mass is 16.5. The molecule has 3 fully saturated rings. The Kier molecular flexibility index (Phi) is 9.96. The minimum Gasteiger partial charge on any atom is -0.489 e. The topological polar surface area (TPSA) is 155 Å². The van der Waals surface area contributed by atoms with E-state index in [1.807, 2.05) is 6.07 Å². The van der Waals surface area contributed by atoms with E-state index in [-0.39, 0.29) is 36.7 Å². The third kappa shape index (κ3) is 7.69. The van der Waals surface area contributed by atoms with Gasteiger partial charge in [0.1, 0.15) is 30.4 Å². The van der Waals surface area contributed by atoms with Gasteiger partial charge in [-0.3, -0.25) is 38.9 Å². The normalized spacial score (nSPS) is 22.4. The Morgan fingerprint density at radius 2 is 1.70 bits per heavy atom. The summed E-state index contributed by atoms with van der Waals surface area (Å²) in [5.41, 5.74) is 3.97. The fourth-order valence-corrected chi connectivity index (χ4v) is 7.96. The monoisotopic (exact) mass is 717 g/mol. The Morgan fingerprint density at radius 1 is 0.906 bits per heavy atom. The number of nitrogens with one attached hydrogen (secondary N) is 2. The van der Waals surface area contributed by atoms with Crippen LogP contribution in [0.4, 0.5) is 0 Å². The van der Waals surface area contributed by atoms with Gasteiger partial charge in [0, 0.05) is 80.9 Å². The molecule has 274 valence electrons. The Labute approximate surface area is 307 Å². The molecule has 0 radical (unpaired) electrons. The van der Waals surface area contributed by atoms with Crippen molar-refractivity contribution in [2.75, 3.05) is 26.2 Å². The van der Waals surface area contributed by atoms with Crippen LogP contribution in [0.15, 0.2) is 73.4 Å². The van der Waals surface area contributed by atoms with Crippen LogP contribution < -0.4 is 15.4 Å². The van der Waals surface area contributed by atoms with Crippen molar-refractivity contribution in [3.8, 4) is 11.7 Å². The molecule has 1 saturated carbocycles. The first-order valence-electron chi connectivity index (χ1n) is 18.4. The van der Waals surface area contributed by atoms with Gasteiger partial charge in [-0.1, -0.05) is 30.3 Å². The van der Waals surface area contributed by atoms with Gasteiger partial charge >= 0.3 is 0 Å². The summed E-state index contributed by atoms with van der Waals surface area (Å²) in [6.07, 6.45) is 11.2. The van der Waals surface area contributed by atoms with Crippen LogP contribution in [-0.4, -0.2) is 102 Å². The van der Waals surface area contributed by atoms with E-state index in [9.17, 15) is 19.2 Å². The van der Waals surface area contributed by atoms with Crippen molar-refractivity contribution in [2.45, 2.75) is 76.3 Å². The van der Waals surface area contributed by atoms with E-state index in [1.165, 1.54) is 5.56 Å². The number of rotatable bonds is 10. The molecule has 1 atom stereocenters. The lowest BCUT2D eigenvalue weighted by Crippen LogP contribution is -2.52. The Balaban J connectivity index is 0.767. The van der Waals surface area contributed by atoms with Crippen molar-refractivity contribution < 1.29 is 23.9 Å². The second kappa shape index (κ2) is 15.2. The lowest BCUT2D eigenvalue weighted by Gasteiger charge is -2.42. The summed E-state index contributed by atoms with van der Waals surface area (Å²) < 4.78 is 7.89. The fraction of sp³-hybridized carbons (Fsp3) is 0.410. The summed E-state index contributed by atoms with van der Waals surface area (Å²) in [5, 5.41) is 5.54. The number of hydrogen-bond donors (Lipinski definition) is 2. The van der Waals surface area contributed by atoms with Crippen molar-refractivity contribution in [2.24, 2.45) is 0 Å². The number of fused-ring (bicyclic) bond motifs is 1. The zero-order valence-electron chi connectivity index (χ0n) is 29.5. The van der Waals surface area contributed by atoms with Crippen molar-refractivity contribution in [3.05, 3.63) is 101 Å². The van der Waals surface area contributed by atoms with Crippen molar-refractivity contribution >= 4 is 23.6 Å². The minimum absolute atomic E-state index is 0.146. The lowest BCUT2D eigenvalue weighted by molar-refractivity contribution is -0.136. The highest BCUT2D eigenvalue weighted by Crippen LogP contribution is 2.34. The maximum absolute atomic E-state index is 13.2. The molecule has 4 aliphatic rings. The number of carbonyl (C=O) groups excluding carboxylic acids is 4. The summed E-state index contributed by atoms with van der Waals surface area (Å²) in [6, 6.07) is 15.6. The molecule has 3 aliphatic heterocycles. The molecular weight excluding hydrogens is 674 g/mol. The number of imidazole rings is 1. The first kappa shape index (κ1) is 34.6. The summed E-state index contributed by atoms with van der Waals surface area (Å²) in [4.78, 5) is 69.5. The van der Waals surface area contributed by atoms with Gasteiger partial charge in [-0.05, 0) is 61.4 Å². The van der Waals surface area contributed by atoms with Crippen LogP contribution in [0, 0.1) is 0 Å². The van der Waals surface area contributed by atoms with Crippen molar-refractivity contribution in [3.63, 3.8) is 0 Å². The molecule has 1 aliphatic carbocycles. The number of aromatic nitrogens is 4. The van der Waals surface area contributed by atoms with Crippen LogP contribution in [0.2, 0.25) is 0 Å². The lowest BCUT2D eigenvalue weighted by atomic mass is 9.89. The van der Waals surface area contributed by atoms with Crippen LogP contribution >= 0.6 is 0 Å². The minimum atomic E-state index is -0.655. The van der Waals surface area contributed by atoms with Gasteiger partial charge in [-0.25, -0.2) is 15.0 Å². The quantitative estimate of drug-likeness (QED) is 0.234. The van der Waals surface area contributed by atoms with E-state index in [1.54, 1.807) is 52.6 Å². The maximum Gasteiger partial charge on any atom is 0.270 e. The fourth-order valence-electron chi connectivity index (χ4n) is 7.96. The summed E-state index contributed by atoms with van der Waals surface area (Å²) in [7, 11) is 0. The Hall–Kier alpha value is -5.47. The predicted molar refractivity (Wildman–Crippen MR) is 193 cm³/mol. The molecule has 4 amide bonds. The number of carbonyl (C=O) groups is 4. The van der Waals surface area contributed by atoms with E-state index in [2.05, 4.69) is 59.7 Å². The largest absolute Gasteiger partial charge is 0.489 e. The van der Waals surface area contributed by atoms with Gasteiger partial charge in [-0.2, -0.15) is 0 Å². The first-order valence-corrected chi connectivity index (χ1v) is 18.4. The van der Waals surface area contributed by atoms with Gasteiger partial charge in [0.15, 0.2) is 0 Å². The molecule has 14 nitrogen and oxygen atoms in total. The molecular formula is C39H43N9O5. The Bertz CT molecular complexity index is 1970. The molecule has 2 aromatic heterocycles. The molecule has 0 spiro atoms. The van der Waals surface area contributed by atoms with Gasteiger partial charge < -0.3 is 15.0 Å². The molecule has 0 unspecified atom stereocenters. The molecule has 14 heteroatoms. The maximum atomic E-state index is 13.2. The molecule has 53 heavy (non-hydrogen) atoms. The van der Waals surface area contributed by atoms with E-state index < -0.39 is 11.9 Å². The second-order valence-corrected chi connectivity index (χ2v) is 14.3. The van der Waals surface area contributed by atoms with Gasteiger partial charge in [-0.15, -0.1) is 0 Å². The third-order valence-electron chi connectivity index (χ3n) is 10.9. The van der Waals surface area contributed by atoms with E-state index >= 15 is 0 Å². The molecule has 8 rings (SSSR count). The van der Waals surface area contributed by atoms with Crippen LogP contribution in [0.5, 0.6) is 5.75 Å². The zero-order valence-corrected chi connectivity index (χ0v) is 29.5. The summed E-state index contributed by atoms with van der Waals surface area (Å²) >= 11 is 0. The number of piperazine rings is 1. The zero-order chi connectivity index (χ0) is 36.3. The van der Waals surface area contributed by atoms with Gasteiger partial charge in [0.2, 0.25) is 17.8 Å². The number of piperidine rings is 1. The molecule has 2 saturated heterocycles. The van der Waals surface area contributed by atoms with Crippen LogP contribution in [0.3, 0.4) is 0 Å². The molecule has 2 aromatic carbocycles. The van der Waals surface area contributed by atoms with Crippen molar-refractivity contribution in [1.29, 1.82) is 0 Å². The SMILES string of the molecule is O=C1CC[C@H](N2Cc3c(OCc4ccc(CN5CCN(C6CCC(NC(=O)c7ccnc(-n8ccnc8)n7)CC6)CC5)cc4)cccc3C2=O)C(=O)N1. The highest BCUT2D eigenvalue weighted by molar-refractivity contribution is 6.05. The van der Waals surface area contributed by atoms with Crippen LogP contribution in [0.25, 0.3) is 5.95 Å². The highest BCUT2D eigenvalue weighted by Gasteiger charge is 2.40. The van der Waals surface area contributed by atoms with E-state index in [0.29, 0.717) is 42.0 Å². The molecule has 4 aromatic rings. The number of hydrogen-bond acceptors (Lipinski definition) is 10. The standard InChI is InChI=1S/C39H43N9O5/c49-35-13-12-33(37(51)44-35)48-23-31-30(38(48)52)2-1-3-34(31)53-24-27-6-4-26(5-7-27)22-45-18-20-46(21-19-45)29-10-8-28(9-11-29)42-36(50)32-14-15-41-39(43-32)47-17-16-40-25-47/h1-7,14-17,25,28-29,33H,8-13,18-24H2,(H,42,50)(H,44,49,51)/t28?,29?,33-/m0/s1. The average molecular weight is 718 g/mol. The molecule has 0 bridgehead atoms. The number of benzene rings is 2. The predicted octanol–water partition coefficient (Wildman–Crippen LogP) is 2.86. The van der Waals surface area contributed by atoms with Crippen LogP contribution in [0.1, 0.15) is 76.1 Å². The smallest absolute Gasteiger partial charge is 0.270 e. The van der Waals surface area contributed by atoms with E-state index in [4.69, 9.17) is 4.74 Å². The molecule has 2 N–H and O–H groups in total. The van der Waals surface area contributed by atoms with Crippen LogP contribution in [-0.2, 0) is 29.3 Å². The third-order valence-corrected chi connectivity index (χ3v) is 10.9. The first-order chi connectivity index (χ1) is 25.9. The van der Waals surface area contributed by atoms with Gasteiger partial charge in [0.25, 0.3) is 11.8 Å². The number of ether oxygens (including phenoxy) is 1. The Morgan fingerprint density at radius 3 is 2.45 bits per heavy atom. The number of amides is 4. The summed E-state index contributed by atoms with van der Waals surface area (Å²) in [5.74, 6) is -0.0340. The number of imide groups is 1. The van der Waals surface area contributed by atoms with Gasteiger partial charge in [0.05, 0.1) is 6.54 Å². The van der Waals surface area contributed by atoms with Crippen molar-refractivity contribution in [1.82, 2.24) is 44.9 Å². The second-order valence-electron chi connectivity index (χ2n) is 14.3. The molecule has 5 heterocycles. The summed E-state index contributed by atoms with van der Waals surface area (Å²) in [6.45, 7) is 5.64. The number of nitrogens with zero attached hydrogens (tertiary/aromatic N) is 7. The average Bonchev–Trinajstić information content (AvgIpc) is 3.84.